The van der Waals surface area contributed by atoms with Gasteiger partial charge in [0.15, 0.2) is 0 Å². The Morgan fingerprint density at radius 3 is 2.19 bits per heavy atom. The molecule has 0 spiro atoms. The van der Waals surface area contributed by atoms with Crippen molar-refractivity contribution in [1.29, 1.82) is 0 Å². The van der Waals surface area contributed by atoms with Crippen molar-refractivity contribution in [3.63, 3.8) is 0 Å². The lowest BCUT2D eigenvalue weighted by molar-refractivity contribution is -0.145. The van der Waals surface area contributed by atoms with E-state index in [1.54, 1.807) is 45.0 Å². The Labute approximate surface area is 214 Å². The highest BCUT2D eigenvalue weighted by molar-refractivity contribution is 5.93. The first kappa shape index (κ1) is 30.5. The fourth-order valence-corrected chi connectivity index (χ4v) is 3.47. The monoisotopic (exact) mass is 501 g/mol. The van der Waals surface area contributed by atoms with Gasteiger partial charge in [-0.2, -0.15) is 0 Å². The minimum atomic E-state index is -1.07. The van der Waals surface area contributed by atoms with Crippen LogP contribution in [0.3, 0.4) is 0 Å². The molecule has 1 rings (SSSR count). The van der Waals surface area contributed by atoms with E-state index in [1.807, 2.05) is 20.8 Å². The summed E-state index contributed by atoms with van der Waals surface area (Å²) in [6, 6.07) is 4.70. The quantitative estimate of drug-likeness (QED) is 0.356. The van der Waals surface area contributed by atoms with E-state index in [-0.39, 0.29) is 19.0 Å². The van der Waals surface area contributed by atoms with E-state index in [1.165, 1.54) is 12.0 Å². The summed E-state index contributed by atoms with van der Waals surface area (Å²) in [5, 5.41) is 5.25. The zero-order chi connectivity index (χ0) is 27.5. The molecular formula is C27H39N3O6. The number of nitrogens with one attached hydrogen (secondary N) is 2. The first-order valence-corrected chi connectivity index (χ1v) is 12.1. The summed E-state index contributed by atoms with van der Waals surface area (Å²) in [7, 11) is 1.22. The molecule has 36 heavy (non-hydrogen) atoms. The number of carbonyl (C=O) groups is 4. The van der Waals surface area contributed by atoms with E-state index < -0.39 is 41.6 Å². The van der Waals surface area contributed by atoms with E-state index in [9.17, 15) is 19.2 Å². The first-order chi connectivity index (χ1) is 16.9. The van der Waals surface area contributed by atoms with Crippen molar-refractivity contribution in [1.82, 2.24) is 15.5 Å². The normalized spacial score (nSPS) is 13.4. The standard InChI is InChI=1S/C27H39N3O6/c1-9-16-30(25(33)22(18(4)10-2)29-26(34)36-27(5,6)7)23(24(32)28-17-21(31)35-8)20-14-12-19(11-3)13-15-20/h3,12-15,18,22-23H,9-10,16-17H2,1-2,4-8H3,(H,28,32)(H,29,34). The van der Waals surface area contributed by atoms with E-state index in [4.69, 9.17) is 11.2 Å². The molecule has 0 aliphatic rings. The van der Waals surface area contributed by atoms with Crippen molar-refractivity contribution in [2.24, 2.45) is 5.92 Å². The molecule has 9 heteroatoms. The fourth-order valence-electron chi connectivity index (χ4n) is 3.47. The SMILES string of the molecule is C#Cc1ccc(C(C(=O)NCC(=O)OC)N(CCC)C(=O)C(NC(=O)OC(C)(C)C)C(C)CC)cc1. The Bertz CT molecular complexity index is 946. The molecule has 1 aromatic carbocycles. The minimum absolute atomic E-state index is 0.231. The summed E-state index contributed by atoms with van der Waals surface area (Å²) in [4.78, 5) is 52.9. The molecule has 0 bridgehead atoms. The molecule has 3 atom stereocenters. The number of ether oxygens (including phenoxy) is 2. The van der Waals surface area contributed by atoms with Crippen LogP contribution in [0.15, 0.2) is 24.3 Å². The Hall–Kier alpha value is -3.54. The van der Waals surface area contributed by atoms with Crippen molar-refractivity contribution >= 4 is 23.9 Å². The average Bonchev–Trinajstić information content (AvgIpc) is 2.83. The predicted octanol–water partition coefficient (Wildman–Crippen LogP) is 3.18. The number of carbonyl (C=O) groups excluding carboxylic acids is 4. The van der Waals surface area contributed by atoms with Crippen molar-refractivity contribution < 1.29 is 28.7 Å². The second-order valence-corrected chi connectivity index (χ2v) is 9.50. The summed E-state index contributed by atoms with van der Waals surface area (Å²) in [6.07, 6.45) is 5.90. The van der Waals surface area contributed by atoms with Crippen LogP contribution >= 0.6 is 0 Å². The topological polar surface area (TPSA) is 114 Å². The van der Waals surface area contributed by atoms with E-state index in [0.717, 1.165) is 0 Å². The Balaban J connectivity index is 3.46. The molecule has 3 unspecified atom stereocenters. The van der Waals surface area contributed by atoms with Crippen LogP contribution in [0.4, 0.5) is 4.79 Å². The van der Waals surface area contributed by atoms with Crippen LogP contribution < -0.4 is 10.6 Å². The molecule has 0 heterocycles. The van der Waals surface area contributed by atoms with E-state index >= 15 is 0 Å². The predicted molar refractivity (Wildman–Crippen MR) is 137 cm³/mol. The van der Waals surface area contributed by atoms with Crippen LogP contribution in [0.25, 0.3) is 0 Å². The van der Waals surface area contributed by atoms with Gasteiger partial charge in [0.05, 0.1) is 7.11 Å². The number of methoxy groups -OCH3 is 1. The zero-order valence-corrected chi connectivity index (χ0v) is 22.3. The summed E-state index contributed by atoms with van der Waals surface area (Å²) >= 11 is 0. The average molecular weight is 502 g/mol. The number of rotatable bonds is 11. The van der Waals surface area contributed by atoms with Gasteiger partial charge in [-0.05, 0) is 50.8 Å². The molecule has 198 valence electrons. The van der Waals surface area contributed by atoms with E-state index in [2.05, 4.69) is 21.3 Å². The molecule has 0 radical (unpaired) electrons. The van der Waals surface area contributed by atoms with Gasteiger partial charge >= 0.3 is 12.1 Å². The number of alkyl carbamates (subject to hydrolysis) is 1. The molecule has 3 amide bonds. The van der Waals surface area contributed by atoms with Gasteiger partial charge in [-0.25, -0.2) is 4.79 Å². The van der Waals surface area contributed by atoms with Crippen LogP contribution in [-0.4, -0.2) is 60.6 Å². The Kier molecular flexibility index (Phi) is 12.0. The van der Waals surface area contributed by atoms with E-state index in [0.29, 0.717) is 24.0 Å². The molecule has 1 aromatic rings. The number of hydrogen-bond acceptors (Lipinski definition) is 6. The van der Waals surface area contributed by atoms with Gasteiger partial charge in [-0.3, -0.25) is 14.4 Å². The third-order valence-electron chi connectivity index (χ3n) is 5.49. The minimum Gasteiger partial charge on any atom is -0.468 e. The van der Waals surface area contributed by atoms with Crippen LogP contribution in [0.2, 0.25) is 0 Å². The van der Waals surface area contributed by atoms with Gasteiger partial charge < -0.3 is 25.0 Å². The lowest BCUT2D eigenvalue weighted by Crippen LogP contribution is -2.55. The molecular weight excluding hydrogens is 462 g/mol. The van der Waals surface area contributed by atoms with Gasteiger partial charge in [0.25, 0.3) is 0 Å². The number of amides is 3. The second-order valence-electron chi connectivity index (χ2n) is 9.50. The first-order valence-electron chi connectivity index (χ1n) is 12.1. The van der Waals surface area contributed by atoms with Crippen LogP contribution in [0.1, 0.15) is 71.6 Å². The van der Waals surface area contributed by atoms with Crippen molar-refractivity contribution in [3.05, 3.63) is 35.4 Å². The van der Waals surface area contributed by atoms with Gasteiger partial charge in [-0.1, -0.05) is 45.2 Å². The van der Waals surface area contributed by atoms with Crippen LogP contribution in [0.5, 0.6) is 0 Å². The summed E-state index contributed by atoms with van der Waals surface area (Å²) in [5.74, 6) is 0.665. The highest BCUT2D eigenvalue weighted by atomic mass is 16.6. The van der Waals surface area contributed by atoms with Crippen molar-refractivity contribution in [3.8, 4) is 12.3 Å². The Morgan fingerprint density at radius 1 is 1.11 bits per heavy atom. The lowest BCUT2D eigenvalue weighted by atomic mass is 9.95. The maximum atomic E-state index is 13.9. The van der Waals surface area contributed by atoms with Crippen molar-refractivity contribution in [2.45, 2.75) is 72.1 Å². The summed E-state index contributed by atoms with van der Waals surface area (Å²) < 4.78 is 10.00. The molecule has 0 aliphatic heterocycles. The Morgan fingerprint density at radius 2 is 1.72 bits per heavy atom. The highest BCUT2D eigenvalue weighted by Gasteiger charge is 2.37. The molecule has 2 N–H and O–H groups in total. The zero-order valence-electron chi connectivity index (χ0n) is 22.3. The van der Waals surface area contributed by atoms with Crippen LogP contribution in [0, 0.1) is 18.3 Å². The smallest absolute Gasteiger partial charge is 0.408 e. The molecule has 0 saturated carbocycles. The third kappa shape index (κ3) is 9.25. The number of esters is 1. The van der Waals surface area contributed by atoms with Crippen molar-refractivity contribution in [2.75, 3.05) is 20.2 Å². The maximum Gasteiger partial charge on any atom is 0.408 e. The molecule has 0 fully saturated rings. The third-order valence-corrected chi connectivity index (χ3v) is 5.49. The van der Waals surface area contributed by atoms with Gasteiger partial charge in [0.2, 0.25) is 11.8 Å². The summed E-state index contributed by atoms with van der Waals surface area (Å²) in [5.41, 5.74) is 0.383. The van der Waals surface area contributed by atoms with Gasteiger partial charge in [0.1, 0.15) is 24.2 Å². The number of nitrogens with zero attached hydrogens (tertiary/aromatic N) is 1. The van der Waals surface area contributed by atoms with Gasteiger partial charge in [0, 0.05) is 12.1 Å². The molecule has 0 aliphatic carbocycles. The number of terminal acetylenes is 1. The second kappa shape index (κ2) is 14.1. The van der Waals surface area contributed by atoms with Crippen LogP contribution in [-0.2, 0) is 23.9 Å². The largest absolute Gasteiger partial charge is 0.468 e. The highest BCUT2D eigenvalue weighted by Crippen LogP contribution is 2.25. The summed E-state index contributed by atoms with van der Waals surface area (Å²) in [6.45, 7) is 10.7. The lowest BCUT2D eigenvalue weighted by Gasteiger charge is -2.36. The molecule has 0 aromatic heterocycles. The number of benzene rings is 1. The maximum absolute atomic E-state index is 13.9. The van der Waals surface area contributed by atoms with Gasteiger partial charge in [-0.15, -0.1) is 6.42 Å². The fraction of sp³-hybridized carbons (Fsp3) is 0.556. The molecule has 0 saturated heterocycles. The number of hydrogen-bond donors (Lipinski definition) is 2. The molecule has 9 nitrogen and oxygen atoms in total.